The highest BCUT2D eigenvalue weighted by Crippen LogP contribution is 2.50. The van der Waals surface area contributed by atoms with Crippen LogP contribution in [0.2, 0.25) is 0 Å². The van der Waals surface area contributed by atoms with E-state index in [1.807, 2.05) is 23.1 Å². The van der Waals surface area contributed by atoms with Crippen LogP contribution in [0, 0.1) is 6.92 Å². The summed E-state index contributed by atoms with van der Waals surface area (Å²) in [6.45, 7) is 2.83. The van der Waals surface area contributed by atoms with Gasteiger partial charge in [0.05, 0.1) is 4.75 Å². The fourth-order valence-corrected chi connectivity index (χ4v) is 6.93. The standard InChI is InChI=1S/C23H29NO3S2/c1-17-7-6-8-18(15-17)19-10-11-20(29-19)23(12-3-5-14-28-23)16-21(25)24-27-22-9-2-4-13-26-22/h6-8,10-11,15,22H,2-5,9,12-14,16H2,1H3,(H,24,25)/t22?,23-/m0/s1. The average Bonchev–Trinajstić information content (AvgIpc) is 3.25. The second-order valence-electron chi connectivity index (χ2n) is 7.95. The molecule has 0 aliphatic carbocycles. The first-order chi connectivity index (χ1) is 14.1. The summed E-state index contributed by atoms with van der Waals surface area (Å²) < 4.78 is 5.39. The van der Waals surface area contributed by atoms with E-state index in [-0.39, 0.29) is 16.9 Å². The maximum atomic E-state index is 12.8. The molecule has 2 atom stereocenters. The second-order valence-corrected chi connectivity index (χ2v) is 10.5. The Morgan fingerprint density at radius 2 is 2.17 bits per heavy atom. The van der Waals surface area contributed by atoms with E-state index in [0.29, 0.717) is 13.0 Å². The minimum absolute atomic E-state index is 0.0564. The van der Waals surface area contributed by atoms with Crippen LogP contribution >= 0.6 is 23.1 Å². The molecule has 3 heterocycles. The predicted octanol–water partition coefficient (Wildman–Crippen LogP) is 5.80. The van der Waals surface area contributed by atoms with Crippen molar-refractivity contribution in [3.8, 4) is 10.4 Å². The lowest BCUT2D eigenvalue weighted by Gasteiger charge is -2.35. The van der Waals surface area contributed by atoms with Gasteiger partial charge in [-0.05, 0) is 56.1 Å². The van der Waals surface area contributed by atoms with E-state index in [4.69, 9.17) is 9.57 Å². The third-order valence-electron chi connectivity index (χ3n) is 5.60. The van der Waals surface area contributed by atoms with Crippen molar-refractivity contribution in [2.45, 2.75) is 62.9 Å². The molecule has 0 bridgehead atoms. The van der Waals surface area contributed by atoms with Crippen molar-refractivity contribution >= 4 is 29.0 Å². The summed E-state index contributed by atoms with van der Waals surface area (Å²) in [6.07, 6.45) is 6.52. The molecule has 0 spiro atoms. The van der Waals surface area contributed by atoms with Gasteiger partial charge in [0.15, 0.2) is 6.29 Å². The highest BCUT2D eigenvalue weighted by molar-refractivity contribution is 8.00. The molecule has 2 aliphatic rings. The van der Waals surface area contributed by atoms with Gasteiger partial charge in [-0.1, -0.05) is 36.2 Å². The molecule has 1 aromatic heterocycles. The molecule has 6 heteroatoms. The van der Waals surface area contributed by atoms with Crippen molar-refractivity contribution in [2.75, 3.05) is 12.4 Å². The summed E-state index contributed by atoms with van der Waals surface area (Å²) in [7, 11) is 0. The molecule has 1 N–H and O–H groups in total. The quantitative estimate of drug-likeness (QED) is 0.587. The van der Waals surface area contributed by atoms with E-state index in [0.717, 1.165) is 37.9 Å². The van der Waals surface area contributed by atoms with Gasteiger partial charge in [0.2, 0.25) is 5.91 Å². The Hall–Kier alpha value is -1.34. The molecule has 29 heavy (non-hydrogen) atoms. The lowest BCUT2D eigenvalue weighted by atomic mass is 9.94. The molecule has 2 fully saturated rings. The van der Waals surface area contributed by atoms with Gasteiger partial charge in [-0.25, -0.2) is 10.3 Å². The molecule has 0 saturated carbocycles. The molecule has 1 aromatic carbocycles. The highest BCUT2D eigenvalue weighted by Gasteiger charge is 2.38. The Morgan fingerprint density at radius 1 is 1.24 bits per heavy atom. The minimum atomic E-state index is -0.308. The van der Waals surface area contributed by atoms with Crippen molar-refractivity contribution in [3.05, 3.63) is 46.8 Å². The van der Waals surface area contributed by atoms with Crippen LogP contribution < -0.4 is 5.48 Å². The zero-order chi connectivity index (χ0) is 20.1. The zero-order valence-electron chi connectivity index (χ0n) is 16.9. The number of amides is 1. The molecular weight excluding hydrogens is 402 g/mol. The predicted molar refractivity (Wildman–Crippen MR) is 120 cm³/mol. The van der Waals surface area contributed by atoms with Crippen LogP contribution in [0.3, 0.4) is 0 Å². The summed E-state index contributed by atoms with van der Waals surface area (Å²) in [6, 6.07) is 13.0. The maximum absolute atomic E-state index is 12.8. The first-order valence-corrected chi connectivity index (χ1v) is 12.3. The maximum Gasteiger partial charge on any atom is 0.245 e. The molecule has 1 unspecified atom stereocenters. The zero-order valence-corrected chi connectivity index (χ0v) is 18.6. The van der Waals surface area contributed by atoms with Crippen LogP contribution in [0.25, 0.3) is 10.4 Å². The Morgan fingerprint density at radius 3 is 2.93 bits per heavy atom. The molecule has 4 rings (SSSR count). The van der Waals surface area contributed by atoms with Gasteiger partial charge in [-0.2, -0.15) is 0 Å². The minimum Gasteiger partial charge on any atom is -0.350 e. The fourth-order valence-electron chi connectivity index (χ4n) is 4.04. The van der Waals surface area contributed by atoms with Crippen LogP contribution in [0.5, 0.6) is 0 Å². The van der Waals surface area contributed by atoms with E-state index in [2.05, 4.69) is 48.8 Å². The number of thioether (sulfide) groups is 1. The van der Waals surface area contributed by atoms with Crippen molar-refractivity contribution in [1.29, 1.82) is 0 Å². The Bertz CT molecular complexity index is 823. The van der Waals surface area contributed by atoms with E-state index in [1.165, 1.54) is 27.3 Å². The van der Waals surface area contributed by atoms with Crippen LogP contribution in [-0.2, 0) is 19.1 Å². The fraction of sp³-hybridized carbons (Fsp3) is 0.522. The molecule has 0 radical (unpaired) electrons. The third kappa shape index (κ3) is 5.23. The molecule has 2 aliphatic heterocycles. The number of carbonyl (C=O) groups excluding carboxylic acids is 1. The second kappa shape index (κ2) is 9.65. The summed E-state index contributed by atoms with van der Waals surface area (Å²) in [4.78, 5) is 20.8. The molecule has 2 aromatic rings. The molecule has 156 valence electrons. The largest absolute Gasteiger partial charge is 0.350 e. The van der Waals surface area contributed by atoms with Gasteiger partial charge < -0.3 is 4.74 Å². The normalized spacial score (nSPS) is 24.9. The molecule has 4 nitrogen and oxygen atoms in total. The van der Waals surface area contributed by atoms with Crippen molar-refractivity contribution in [2.24, 2.45) is 0 Å². The lowest BCUT2D eigenvalue weighted by molar-refractivity contribution is -0.200. The van der Waals surface area contributed by atoms with Crippen LogP contribution in [0.15, 0.2) is 36.4 Å². The van der Waals surface area contributed by atoms with E-state index < -0.39 is 0 Å². The smallest absolute Gasteiger partial charge is 0.245 e. The van der Waals surface area contributed by atoms with Crippen molar-refractivity contribution in [1.82, 2.24) is 5.48 Å². The van der Waals surface area contributed by atoms with E-state index in [9.17, 15) is 4.79 Å². The van der Waals surface area contributed by atoms with Gasteiger partial charge in [0.25, 0.3) is 0 Å². The highest BCUT2D eigenvalue weighted by atomic mass is 32.2. The first-order valence-electron chi connectivity index (χ1n) is 10.5. The summed E-state index contributed by atoms with van der Waals surface area (Å²) in [5.74, 6) is 1.04. The van der Waals surface area contributed by atoms with Crippen LogP contribution in [-0.4, -0.2) is 24.6 Å². The number of benzene rings is 1. The number of hydroxylamine groups is 1. The number of rotatable bonds is 6. The number of aryl methyl sites for hydroxylation is 1. The Kier molecular flexibility index (Phi) is 6.96. The molecule has 2 saturated heterocycles. The number of thiophene rings is 1. The Labute approximate surface area is 181 Å². The van der Waals surface area contributed by atoms with Crippen molar-refractivity contribution in [3.63, 3.8) is 0 Å². The topological polar surface area (TPSA) is 47.6 Å². The van der Waals surface area contributed by atoms with E-state index in [1.54, 1.807) is 0 Å². The van der Waals surface area contributed by atoms with Crippen LogP contribution in [0.1, 0.15) is 55.4 Å². The third-order valence-corrected chi connectivity index (χ3v) is 8.68. The number of nitrogens with one attached hydrogen (secondary N) is 1. The monoisotopic (exact) mass is 431 g/mol. The van der Waals surface area contributed by atoms with E-state index >= 15 is 0 Å². The summed E-state index contributed by atoms with van der Waals surface area (Å²) in [5.41, 5.74) is 5.18. The van der Waals surface area contributed by atoms with Gasteiger partial charge in [0, 0.05) is 29.2 Å². The number of hydrogen-bond acceptors (Lipinski definition) is 5. The number of carbonyl (C=O) groups is 1. The first kappa shape index (κ1) is 20.9. The SMILES string of the molecule is Cc1cccc(-c2ccc([C@@]3(CC(=O)NOC4CCCCO4)CCCCS3)s2)c1. The molecular formula is C23H29NO3S2. The molecule has 1 amide bonds. The average molecular weight is 432 g/mol. The lowest BCUT2D eigenvalue weighted by Crippen LogP contribution is -2.37. The van der Waals surface area contributed by atoms with Gasteiger partial charge in [-0.15, -0.1) is 23.1 Å². The van der Waals surface area contributed by atoms with Crippen molar-refractivity contribution < 1.29 is 14.4 Å². The van der Waals surface area contributed by atoms with Crippen LogP contribution in [0.4, 0.5) is 0 Å². The van der Waals surface area contributed by atoms with Gasteiger partial charge in [-0.3, -0.25) is 4.79 Å². The van der Waals surface area contributed by atoms with Gasteiger partial charge >= 0.3 is 0 Å². The van der Waals surface area contributed by atoms with Gasteiger partial charge in [0.1, 0.15) is 0 Å². The Balaban J connectivity index is 1.47. The summed E-state index contributed by atoms with van der Waals surface area (Å²) >= 11 is 3.75. The summed E-state index contributed by atoms with van der Waals surface area (Å²) in [5, 5.41) is 0. The number of ether oxygens (including phenoxy) is 1. The number of hydrogen-bond donors (Lipinski definition) is 1.